The number of halogens is 1. The molecule has 1 heterocycles. The number of amides is 2. The molecule has 2 aromatic rings. The van der Waals surface area contributed by atoms with E-state index in [2.05, 4.69) is 27.7 Å². The highest BCUT2D eigenvalue weighted by Gasteiger charge is 2.26. The van der Waals surface area contributed by atoms with Crippen LogP contribution in [0.5, 0.6) is 0 Å². The molecule has 3 rings (SSSR count). The van der Waals surface area contributed by atoms with Gasteiger partial charge in [-0.2, -0.15) is 5.10 Å². The lowest BCUT2D eigenvalue weighted by atomic mass is 10.2. The summed E-state index contributed by atoms with van der Waals surface area (Å²) in [5, 5.41) is 5.88. The lowest BCUT2D eigenvalue weighted by Gasteiger charge is -2.32. The average Bonchev–Trinajstić information content (AvgIpc) is 2.56. The zero-order chi connectivity index (χ0) is 15.4. The van der Waals surface area contributed by atoms with Gasteiger partial charge in [0.1, 0.15) is 0 Å². The number of carbonyl (C=O) groups excluding carboxylic acids is 1. The van der Waals surface area contributed by atoms with E-state index in [1.54, 1.807) is 11.1 Å². The van der Waals surface area contributed by atoms with E-state index in [9.17, 15) is 4.79 Å². The first-order valence-electron chi connectivity index (χ1n) is 7.18. The van der Waals surface area contributed by atoms with E-state index in [1.807, 2.05) is 54.6 Å². The summed E-state index contributed by atoms with van der Waals surface area (Å²) in [4.78, 5) is 14.3. The van der Waals surface area contributed by atoms with Crippen LogP contribution in [0.15, 0.2) is 59.7 Å². The first kappa shape index (κ1) is 15.0. The molecule has 1 aliphatic rings. The molecule has 0 radical (unpaired) electrons. The maximum Gasteiger partial charge on any atom is 0.344 e. The van der Waals surface area contributed by atoms with Crippen LogP contribution in [-0.4, -0.2) is 30.3 Å². The molecule has 0 atom stereocenters. The van der Waals surface area contributed by atoms with Crippen LogP contribution >= 0.6 is 22.6 Å². The Bertz CT molecular complexity index is 670. The minimum Gasteiger partial charge on any atom is -0.293 e. The highest BCUT2D eigenvalue weighted by molar-refractivity contribution is 14.1. The van der Waals surface area contributed by atoms with E-state index in [0.717, 1.165) is 27.8 Å². The smallest absolute Gasteiger partial charge is 0.293 e. The van der Waals surface area contributed by atoms with E-state index in [4.69, 9.17) is 0 Å². The lowest BCUT2D eigenvalue weighted by molar-refractivity contribution is 0.198. The van der Waals surface area contributed by atoms with Crippen molar-refractivity contribution in [1.29, 1.82) is 0 Å². The lowest BCUT2D eigenvalue weighted by Crippen LogP contribution is -2.47. The van der Waals surface area contributed by atoms with Crippen LogP contribution < -0.4 is 4.90 Å². The molecule has 0 aliphatic carbocycles. The molecule has 22 heavy (non-hydrogen) atoms. The molecule has 2 amide bonds. The van der Waals surface area contributed by atoms with Crippen LogP contribution in [0.25, 0.3) is 0 Å². The Morgan fingerprint density at radius 3 is 2.45 bits per heavy atom. The summed E-state index contributed by atoms with van der Waals surface area (Å²) in [5.74, 6) is 0. The SMILES string of the molecule is O=C1N(/N=C/c2ccccc2)CCCN1c1ccc(I)cc1. The molecule has 1 aliphatic heterocycles. The highest BCUT2D eigenvalue weighted by atomic mass is 127. The molecular weight excluding hydrogens is 389 g/mol. The zero-order valence-electron chi connectivity index (χ0n) is 12.0. The molecule has 0 N–H and O–H groups in total. The number of benzene rings is 2. The average molecular weight is 405 g/mol. The number of urea groups is 1. The fourth-order valence-corrected chi connectivity index (χ4v) is 2.71. The summed E-state index contributed by atoms with van der Waals surface area (Å²) in [6, 6.07) is 17.7. The van der Waals surface area contributed by atoms with E-state index in [-0.39, 0.29) is 6.03 Å². The Labute approximate surface area is 143 Å². The first-order valence-corrected chi connectivity index (χ1v) is 8.25. The van der Waals surface area contributed by atoms with Gasteiger partial charge < -0.3 is 0 Å². The topological polar surface area (TPSA) is 35.9 Å². The monoisotopic (exact) mass is 405 g/mol. The normalized spacial score (nSPS) is 15.6. The molecule has 1 fully saturated rings. The predicted octanol–water partition coefficient (Wildman–Crippen LogP) is 3.96. The quantitative estimate of drug-likeness (QED) is 0.563. The molecule has 0 bridgehead atoms. The minimum absolute atomic E-state index is 0.0698. The largest absolute Gasteiger partial charge is 0.344 e. The molecule has 0 spiro atoms. The Hall–Kier alpha value is -1.89. The van der Waals surface area contributed by atoms with Gasteiger partial charge in [-0.3, -0.25) is 4.90 Å². The van der Waals surface area contributed by atoms with Gasteiger partial charge >= 0.3 is 6.03 Å². The molecule has 112 valence electrons. The minimum atomic E-state index is -0.0698. The third-order valence-electron chi connectivity index (χ3n) is 3.49. The third-order valence-corrected chi connectivity index (χ3v) is 4.21. The van der Waals surface area contributed by atoms with Crippen molar-refractivity contribution in [1.82, 2.24) is 5.01 Å². The molecule has 0 saturated carbocycles. The van der Waals surface area contributed by atoms with Crippen molar-refractivity contribution in [2.75, 3.05) is 18.0 Å². The van der Waals surface area contributed by atoms with Crippen molar-refractivity contribution in [2.45, 2.75) is 6.42 Å². The van der Waals surface area contributed by atoms with Gasteiger partial charge in [-0.05, 0) is 58.8 Å². The van der Waals surface area contributed by atoms with Crippen molar-refractivity contribution in [3.63, 3.8) is 0 Å². The first-order chi connectivity index (χ1) is 10.7. The second-order valence-corrected chi connectivity index (χ2v) is 6.29. The maximum absolute atomic E-state index is 12.6. The van der Waals surface area contributed by atoms with Crippen LogP contribution in [0.2, 0.25) is 0 Å². The highest BCUT2D eigenvalue weighted by Crippen LogP contribution is 2.21. The molecule has 2 aromatic carbocycles. The Morgan fingerprint density at radius 1 is 1.00 bits per heavy atom. The van der Waals surface area contributed by atoms with Gasteiger partial charge in [0.05, 0.1) is 6.21 Å². The van der Waals surface area contributed by atoms with Crippen molar-refractivity contribution >= 4 is 40.5 Å². The summed E-state index contributed by atoms with van der Waals surface area (Å²) < 4.78 is 1.16. The van der Waals surface area contributed by atoms with Crippen molar-refractivity contribution < 1.29 is 4.79 Å². The maximum atomic E-state index is 12.6. The van der Waals surface area contributed by atoms with Crippen LogP contribution in [0.4, 0.5) is 10.5 Å². The Morgan fingerprint density at radius 2 is 1.73 bits per heavy atom. The van der Waals surface area contributed by atoms with Gasteiger partial charge in [-0.1, -0.05) is 30.3 Å². The van der Waals surface area contributed by atoms with E-state index in [0.29, 0.717) is 6.54 Å². The van der Waals surface area contributed by atoms with Gasteiger partial charge in [0.15, 0.2) is 0 Å². The molecular formula is C17H16IN3O. The number of hydrazone groups is 1. The number of anilines is 1. The number of nitrogens with zero attached hydrogens (tertiary/aromatic N) is 3. The second-order valence-electron chi connectivity index (χ2n) is 5.04. The summed E-state index contributed by atoms with van der Waals surface area (Å²) in [5.41, 5.74) is 1.91. The fraction of sp³-hybridized carbons (Fsp3) is 0.176. The van der Waals surface area contributed by atoms with E-state index >= 15 is 0 Å². The number of carbonyl (C=O) groups is 1. The molecule has 1 saturated heterocycles. The molecule has 0 unspecified atom stereocenters. The van der Waals surface area contributed by atoms with Gasteiger partial charge in [0, 0.05) is 22.3 Å². The van der Waals surface area contributed by atoms with Gasteiger partial charge in [0.25, 0.3) is 0 Å². The van der Waals surface area contributed by atoms with Crippen molar-refractivity contribution in [2.24, 2.45) is 5.10 Å². The summed E-state index contributed by atoms with van der Waals surface area (Å²) in [6.45, 7) is 1.39. The van der Waals surface area contributed by atoms with Crippen LogP contribution in [-0.2, 0) is 0 Å². The fourth-order valence-electron chi connectivity index (χ4n) is 2.35. The number of hydrogen-bond acceptors (Lipinski definition) is 2. The summed E-state index contributed by atoms with van der Waals surface area (Å²) in [6.07, 6.45) is 2.64. The summed E-state index contributed by atoms with van der Waals surface area (Å²) in [7, 11) is 0. The summed E-state index contributed by atoms with van der Waals surface area (Å²) >= 11 is 2.26. The second kappa shape index (κ2) is 6.91. The van der Waals surface area contributed by atoms with Crippen molar-refractivity contribution in [3.8, 4) is 0 Å². The predicted molar refractivity (Wildman–Crippen MR) is 97.3 cm³/mol. The van der Waals surface area contributed by atoms with E-state index < -0.39 is 0 Å². The number of rotatable bonds is 3. The standard InChI is InChI=1S/C17H16IN3O/c18-15-7-9-16(10-8-15)20-11-4-12-21(17(20)22)19-13-14-5-2-1-3-6-14/h1-3,5-10,13H,4,11-12H2/b19-13+. The number of hydrogen-bond donors (Lipinski definition) is 0. The van der Waals surface area contributed by atoms with E-state index in [1.165, 1.54) is 5.01 Å². The van der Waals surface area contributed by atoms with Crippen LogP contribution in [0, 0.1) is 3.57 Å². The van der Waals surface area contributed by atoms with Crippen LogP contribution in [0.3, 0.4) is 0 Å². The molecule has 0 aromatic heterocycles. The third kappa shape index (κ3) is 3.47. The Balaban J connectivity index is 1.75. The molecule has 4 nitrogen and oxygen atoms in total. The molecule has 5 heteroatoms. The van der Waals surface area contributed by atoms with Gasteiger partial charge in [-0.25, -0.2) is 9.80 Å². The van der Waals surface area contributed by atoms with Gasteiger partial charge in [-0.15, -0.1) is 0 Å². The van der Waals surface area contributed by atoms with Crippen molar-refractivity contribution in [3.05, 3.63) is 63.7 Å². The zero-order valence-corrected chi connectivity index (χ0v) is 14.2. The van der Waals surface area contributed by atoms with Crippen LogP contribution in [0.1, 0.15) is 12.0 Å². The Kier molecular flexibility index (Phi) is 4.72. The van der Waals surface area contributed by atoms with Gasteiger partial charge in [0.2, 0.25) is 0 Å².